The summed E-state index contributed by atoms with van der Waals surface area (Å²) in [5.41, 5.74) is 1.64. The van der Waals surface area contributed by atoms with Crippen LogP contribution in [-0.2, 0) is 5.41 Å². The number of rotatable bonds is 1. The number of nitrogens with one attached hydrogen (secondary N) is 1. The van der Waals surface area contributed by atoms with Crippen LogP contribution in [0, 0.1) is 5.92 Å². The molecule has 2 heteroatoms. The van der Waals surface area contributed by atoms with Crippen LogP contribution in [0.15, 0.2) is 24.3 Å². The van der Waals surface area contributed by atoms with Crippen molar-refractivity contribution in [3.63, 3.8) is 0 Å². The first kappa shape index (κ1) is 11.1. The van der Waals surface area contributed by atoms with Crippen molar-refractivity contribution in [2.75, 3.05) is 6.54 Å². The van der Waals surface area contributed by atoms with E-state index in [9.17, 15) is 5.11 Å². The minimum atomic E-state index is 0.299. The van der Waals surface area contributed by atoms with Crippen molar-refractivity contribution in [1.29, 1.82) is 0 Å². The summed E-state index contributed by atoms with van der Waals surface area (Å²) in [6.07, 6.45) is 5.09. The summed E-state index contributed by atoms with van der Waals surface area (Å²) < 4.78 is 0. The molecule has 1 aliphatic heterocycles. The zero-order valence-electron chi connectivity index (χ0n) is 10.4. The van der Waals surface area contributed by atoms with Crippen molar-refractivity contribution in [1.82, 2.24) is 5.32 Å². The molecule has 0 amide bonds. The maximum atomic E-state index is 9.71. The molecule has 1 saturated carbocycles. The first-order valence-electron chi connectivity index (χ1n) is 6.75. The molecule has 3 atom stereocenters. The highest BCUT2D eigenvalue weighted by molar-refractivity contribution is 5.35. The van der Waals surface area contributed by atoms with E-state index in [2.05, 4.69) is 18.3 Å². The van der Waals surface area contributed by atoms with Gasteiger partial charge in [-0.3, -0.25) is 0 Å². The normalized spacial score (nSPS) is 36.8. The van der Waals surface area contributed by atoms with Crippen LogP contribution in [0.3, 0.4) is 0 Å². The average molecular weight is 231 g/mol. The summed E-state index contributed by atoms with van der Waals surface area (Å²) in [7, 11) is 0. The fourth-order valence-electron chi connectivity index (χ4n) is 3.98. The first-order chi connectivity index (χ1) is 8.22. The topological polar surface area (TPSA) is 32.3 Å². The highest BCUT2D eigenvalue weighted by atomic mass is 16.3. The zero-order valence-corrected chi connectivity index (χ0v) is 10.4. The molecular weight excluding hydrogens is 210 g/mol. The van der Waals surface area contributed by atoms with E-state index in [1.165, 1.54) is 31.2 Å². The number of piperidine rings is 1. The minimum absolute atomic E-state index is 0.299. The second-order valence-electron chi connectivity index (χ2n) is 5.70. The van der Waals surface area contributed by atoms with Gasteiger partial charge in [-0.1, -0.05) is 25.5 Å². The van der Waals surface area contributed by atoms with Gasteiger partial charge in [0, 0.05) is 11.5 Å². The molecule has 3 rings (SSSR count). The zero-order chi connectivity index (χ0) is 11.9. The summed E-state index contributed by atoms with van der Waals surface area (Å²) >= 11 is 0. The van der Waals surface area contributed by atoms with Gasteiger partial charge in [0.05, 0.1) is 0 Å². The quantitative estimate of drug-likeness (QED) is 0.779. The van der Waals surface area contributed by atoms with Crippen molar-refractivity contribution in [2.45, 2.75) is 44.1 Å². The predicted molar refractivity (Wildman–Crippen MR) is 69.2 cm³/mol. The summed E-state index contributed by atoms with van der Waals surface area (Å²) in [5.74, 6) is 1.08. The van der Waals surface area contributed by atoms with Gasteiger partial charge < -0.3 is 10.4 Å². The van der Waals surface area contributed by atoms with Crippen molar-refractivity contribution in [2.24, 2.45) is 5.92 Å². The molecule has 1 aromatic carbocycles. The lowest BCUT2D eigenvalue weighted by atomic mass is 9.58. The minimum Gasteiger partial charge on any atom is -0.508 e. The summed E-state index contributed by atoms with van der Waals surface area (Å²) in [5, 5.41) is 13.4. The Hall–Kier alpha value is -1.02. The van der Waals surface area contributed by atoms with Gasteiger partial charge in [0.25, 0.3) is 0 Å². The standard InChI is InChI=1S/C15H21NO/c1-11-14-6-3-7-15(11,8-9-16-14)12-4-2-5-13(17)10-12/h2,4-5,10-11,14,16-17H,3,6-9H2,1H3/t11?,14-,15?/m1/s1. The van der Waals surface area contributed by atoms with E-state index in [1.54, 1.807) is 6.07 Å². The van der Waals surface area contributed by atoms with E-state index >= 15 is 0 Å². The van der Waals surface area contributed by atoms with E-state index < -0.39 is 0 Å². The molecule has 2 bridgehead atoms. The second-order valence-corrected chi connectivity index (χ2v) is 5.70. The number of benzene rings is 1. The van der Waals surface area contributed by atoms with Crippen molar-refractivity contribution in [3.05, 3.63) is 29.8 Å². The molecule has 0 spiro atoms. The third-order valence-corrected chi connectivity index (χ3v) is 5.01. The Kier molecular flexibility index (Phi) is 2.62. The molecule has 0 radical (unpaired) electrons. The summed E-state index contributed by atoms with van der Waals surface area (Å²) in [6, 6.07) is 8.60. The molecule has 2 aliphatic rings. The van der Waals surface area contributed by atoms with Gasteiger partial charge in [0.15, 0.2) is 0 Å². The molecule has 1 saturated heterocycles. The predicted octanol–water partition coefficient (Wildman–Crippen LogP) is 2.81. The van der Waals surface area contributed by atoms with Gasteiger partial charge in [-0.2, -0.15) is 0 Å². The molecule has 1 aliphatic carbocycles. The number of phenols is 1. The maximum absolute atomic E-state index is 9.71. The number of hydrogen-bond acceptors (Lipinski definition) is 2. The van der Waals surface area contributed by atoms with Crippen molar-refractivity contribution in [3.8, 4) is 5.75 Å². The molecule has 17 heavy (non-hydrogen) atoms. The highest BCUT2D eigenvalue weighted by Crippen LogP contribution is 2.48. The molecule has 92 valence electrons. The molecule has 2 nitrogen and oxygen atoms in total. The average Bonchev–Trinajstić information content (AvgIpc) is 2.29. The van der Waals surface area contributed by atoms with E-state index in [0.717, 1.165) is 6.54 Å². The van der Waals surface area contributed by atoms with Crippen LogP contribution in [0.5, 0.6) is 5.75 Å². The lowest BCUT2D eigenvalue weighted by Crippen LogP contribution is -2.55. The Morgan fingerprint density at radius 2 is 2.24 bits per heavy atom. The smallest absolute Gasteiger partial charge is 0.115 e. The van der Waals surface area contributed by atoms with Gasteiger partial charge in [-0.15, -0.1) is 0 Å². The third-order valence-electron chi connectivity index (χ3n) is 5.01. The van der Waals surface area contributed by atoms with E-state index in [1.807, 2.05) is 12.1 Å². The van der Waals surface area contributed by atoms with Gasteiger partial charge in [-0.05, 0) is 49.4 Å². The fraction of sp³-hybridized carbons (Fsp3) is 0.600. The molecule has 1 aromatic rings. The lowest BCUT2D eigenvalue weighted by Gasteiger charge is -2.51. The maximum Gasteiger partial charge on any atom is 0.115 e. The molecule has 2 unspecified atom stereocenters. The number of fused-ring (bicyclic) bond motifs is 2. The lowest BCUT2D eigenvalue weighted by molar-refractivity contribution is 0.101. The van der Waals surface area contributed by atoms with Crippen molar-refractivity contribution >= 4 is 0 Å². The van der Waals surface area contributed by atoms with Crippen LogP contribution in [0.25, 0.3) is 0 Å². The summed E-state index contributed by atoms with van der Waals surface area (Å²) in [4.78, 5) is 0. The second kappa shape index (κ2) is 4.02. The highest BCUT2D eigenvalue weighted by Gasteiger charge is 2.46. The fourth-order valence-corrected chi connectivity index (χ4v) is 3.98. The Morgan fingerprint density at radius 1 is 1.35 bits per heavy atom. The Balaban J connectivity index is 2.03. The summed E-state index contributed by atoms with van der Waals surface area (Å²) in [6.45, 7) is 3.49. The SMILES string of the molecule is CC1[C@H]2CCCC1(c1cccc(O)c1)CCN2. The largest absolute Gasteiger partial charge is 0.508 e. The van der Waals surface area contributed by atoms with Crippen LogP contribution in [-0.4, -0.2) is 17.7 Å². The van der Waals surface area contributed by atoms with Crippen LogP contribution in [0.1, 0.15) is 38.2 Å². The van der Waals surface area contributed by atoms with Crippen LogP contribution in [0.4, 0.5) is 0 Å². The Morgan fingerprint density at radius 3 is 3.06 bits per heavy atom. The molecular formula is C15H21NO. The molecule has 2 fully saturated rings. The van der Waals surface area contributed by atoms with Gasteiger partial charge in [-0.25, -0.2) is 0 Å². The number of hydrogen-bond donors (Lipinski definition) is 2. The molecule has 1 heterocycles. The molecule has 2 N–H and O–H groups in total. The third kappa shape index (κ3) is 1.66. The molecule has 0 aromatic heterocycles. The van der Waals surface area contributed by atoms with Crippen LogP contribution in [0.2, 0.25) is 0 Å². The van der Waals surface area contributed by atoms with Gasteiger partial charge in [0.2, 0.25) is 0 Å². The van der Waals surface area contributed by atoms with E-state index in [-0.39, 0.29) is 0 Å². The van der Waals surface area contributed by atoms with Gasteiger partial charge >= 0.3 is 0 Å². The van der Waals surface area contributed by atoms with E-state index in [0.29, 0.717) is 23.1 Å². The first-order valence-corrected chi connectivity index (χ1v) is 6.75. The van der Waals surface area contributed by atoms with E-state index in [4.69, 9.17) is 0 Å². The monoisotopic (exact) mass is 231 g/mol. The van der Waals surface area contributed by atoms with Crippen molar-refractivity contribution < 1.29 is 5.11 Å². The number of phenolic OH excluding ortho intramolecular Hbond substituents is 1. The Labute approximate surface area is 103 Å². The number of aromatic hydroxyl groups is 1. The Bertz CT molecular complexity index is 405. The van der Waals surface area contributed by atoms with Gasteiger partial charge in [0.1, 0.15) is 5.75 Å². The van der Waals surface area contributed by atoms with Crippen LogP contribution < -0.4 is 5.32 Å². The van der Waals surface area contributed by atoms with Crippen LogP contribution >= 0.6 is 0 Å².